The summed E-state index contributed by atoms with van der Waals surface area (Å²) >= 11 is 0. The van der Waals surface area contributed by atoms with Crippen LogP contribution in [0.15, 0.2) is 82.6 Å². The van der Waals surface area contributed by atoms with Gasteiger partial charge < -0.3 is 4.90 Å². The van der Waals surface area contributed by atoms with Gasteiger partial charge in [0.15, 0.2) is 0 Å². The molecule has 0 bridgehead atoms. The van der Waals surface area contributed by atoms with Gasteiger partial charge in [-0.1, -0.05) is 17.7 Å². The lowest BCUT2D eigenvalue weighted by molar-refractivity contribution is -0.117. The maximum Gasteiger partial charge on any atom is 0.261 e. The number of anilines is 3. The van der Waals surface area contributed by atoms with Gasteiger partial charge in [0.05, 0.1) is 9.79 Å². The van der Waals surface area contributed by atoms with Gasteiger partial charge in [0.1, 0.15) is 0 Å². The number of benzene rings is 3. The van der Waals surface area contributed by atoms with E-state index in [-0.39, 0.29) is 21.4 Å². The van der Waals surface area contributed by atoms with Crippen molar-refractivity contribution >= 4 is 43.0 Å². The first-order chi connectivity index (χ1) is 15.6. The summed E-state index contributed by atoms with van der Waals surface area (Å²) < 4.78 is 55.6. The first-order valence-electron chi connectivity index (χ1n) is 10.3. The second kappa shape index (κ2) is 8.87. The van der Waals surface area contributed by atoms with Crippen LogP contribution in [0.2, 0.25) is 0 Å². The number of aryl methyl sites for hydroxylation is 1. The lowest BCUT2D eigenvalue weighted by Crippen LogP contribution is -2.23. The topological polar surface area (TPSA) is 113 Å². The van der Waals surface area contributed by atoms with E-state index in [1.165, 1.54) is 36.4 Å². The van der Waals surface area contributed by atoms with Crippen molar-refractivity contribution in [3.8, 4) is 0 Å². The molecular formula is C23H23N3O5S2. The Kier molecular flexibility index (Phi) is 6.13. The monoisotopic (exact) mass is 485 g/mol. The lowest BCUT2D eigenvalue weighted by Gasteiger charge is -2.16. The van der Waals surface area contributed by atoms with Crippen molar-refractivity contribution in [3.05, 3.63) is 78.4 Å². The smallest absolute Gasteiger partial charge is 0.261 e. The van der Waals surface area contributed by atoms with E-state index in [9.17, 15) is 21.6 Å². The molecule has 1 amide bonds. The van der Waals surface area contributed by atoms with Gasteiger partial charge in [0.25, 0.3) is 20.0 Å². The summed E-state index contributed by atoms with van der Waals surface area (Å²) in [7, 11) is -7.70. The molecular weight excluding hydrogens is 462 g/mol. The Morgan fingerprint density at radius 2 is 1.15 bits per heavy atom. The predicted molar refractivity (Wildman–Crippen MR) is 127 cm³/mol. The molecule has 172 valence electrons. The number of amides is 1. The third kappa shape index (κ3) is 5.18. The fraction of sp³-hybridized carbons (Fsp3) is 0.174. The molecule has 1 aliphatic heterocycles. The first kappa shape index (κ1) is 22.8. The van der Waals surface area contributed by atoms with Crippen molar-refractivity contribution < 1.29 is 21.6 Å². The van der Waals surface area contributed by atoms with Crippen LogP contribution in [-0.2, 0) is 24.8 Å². The Morgan fingerprint density at radius 1 is 0.697 bits per heavy atom. The minimum Gasteiger partial charge on any atom is -0.312 e. The van der Waals surface area contributed by atoms with E-state index in [0.29, 0.717) is 24.3 Å². The molecule has 0 aliphatic carbocycles. The van der Waals surface area contributed by atoms with Gasteiger partial charge in [-0.15, -0.1) is 0 Å². The summed E-state index contributed by atoms with van der Waals surface area (Å²) in [5, 5.41) is 0. The van der Waals surface area contributed by atoms with Gasteiger partial charge in [-0.05, 0) is 74.0 Å². The molecule has 33 heavy (non-hydrogen) atoms. The second-order valence-electron chi connectivity index (χ2n) is 7.74. The van der Waals surface area contributed by atoms with E-state index in [1.807, 2.05) is 6.92 Å². The molecule has 0 radical (unpaired) electrons. The Hall–Kier alpha value is -3.37. The van der Waals surface area contributed by atoms with E-state index in [2.05, 4.69) is 9.44 Å². The van der Waals surface area contributed by atoms with Crippen LogP contribution >= 0.6 is 0 Å². The van der Waals surface area contributed by atoms with E-state index >= 15 is 0 Å². The minimum atomic E-state index is -3.89. The van der Waals surface area contributed by atoms with Gasteiger partial charge in [-0.3, -0.25) is 14.2 Å². The summed E-state index contributed by atoms with van der Waals surface area (Å²) in [5.41, 5.74) is 2.33. The van der Waals surface area contributed by atoms with Crippen LogP contribution in [0.1, 0.15) is 18.4 Å². The van der Waals surface area contributed by atoms with Crippen molar-refractivity contribution in [1.29, 1.82) is 0 Å². The normalized spacial score (nSPS) is 14.3. The Balaban J connectivity index is 1.46. The fourth-order valence-corrected chi connectivity index (χ4v) is 5.60. The standard InChI is InChI=1S/C23H23N3O5S2/c1-17-4-6-18(7-5-17)24-32(28,29)21-12-8-19(9-13-21)25-33(30,31)22-14-10-20(11-15-22)26-16-2-3-23(26)27/h4-15,24-25H,2-3,16H2,1H3. The Labute approximate surface area is 193 Å². The predicted octanol–water partition coefficient (Wildman–Crippen LogP) is 3.72. The largest absolute Gasteiger partial charge is 0.312 e. The quantitative estimate of drug-likeness (QED) is 0.530. The summed E-state index contributed by atoms with van der Waals surface area (Å²) in [6.45, 7) is 2.53. The van der Waals surface area contributed by atoms with Crippen LogP contribution in [0.4, 0.5) is 17.1 Å². The number of rotatable bonds is 7. The Morgan fingerprint density at radius 3 is 1.61 bits per heavy atom. The third-order valence-corrected chi connectivity index (χ3v) is 8.05. The number of carbonyl (C=O) groups excluding carboxylic acids is 1. The zero-order chi connectivity index (χ0) is 23.6. The van der Waals surface area contributed by atoms with Crippen LogP contribution in [0.3, 0.4) is 0 Å². The van der Waals surface area contributed by atoms with Gasteiger partial charge in [-0.25, -0.2) is 16.8 Å². The maximum atomic E-state index is 12.7. The molecule has 2 N–H and O–H groups in total. The van der Waals surface area contributed by atoms with Gasteiger partial charge in [-0.2, -0.15) is 0 Å². The van der Waals surface area contributed by atoms with E-state index in [0.717, 1.165) is 12.0 Å². The summed E-state index contributed by atoms with van der Waals surface area (Å²) in [6, 6.07) is 18.4. The highest BCUT2D eigenvalue weighted by Crippen LogP contribution is 2.25. The number of sulfonamides is 2. The lowest BCUT2D eigenvalue weighted by atomic mass is 10.2. The molecule has 4 rings (SSSR count). The minimum absolute atomic E-state index is 0.00524. The highest BCUT2D eigenvalue weighted by atomic mass is 32.2. The van der Waals surface area contributed by atoms with Gasteiger partial charge in [0.2, 0.25) is 5.91 Å². The molecule has 10 heteroatoms. The molecule has 1 saturated heterocycles. The average molecular weight is 486 g/mol. The molecule has 0 aromatic heterocycles. The van der Waals surface area contributed by atoms with Crippen LogP contribution in [0.5, 0.6) is 0 Å². The molecule has 0 spiro atoms. The highest BCUT2D eigenvalue weighted by molar-refractivity contribution is 7.93. The molecule has 3 aromatic carbocycles. The number of carbonyl (C=O) groups is 1. The number of nitrogens with zero attached hydrogens (tertiary/aromatic N) is 1. The first-order valence-corrected chi connectivity index (χ1v) is 13.2. The number of hydrogen-bond acceptors (Lipinski definition) is 5. The van der Waals surface area contributed by atoms with Crippen molar-refractivity contribution in [2.45, 2.75) is 29.6 Å². The van der Waals surface area contributed by atoms with Crippen molar-refractivity contribution in [2.24, 2.45) is 0 Å². The molecule has 0 saturated carbocycles. The molecule has 8 nitrogen and oxygen atoms in total. The SMILES string of the molecule is Cc1ccc(NS(=O)(=O)c2ccc(NS(=O)(=O)c3ccc(N4CCCC4=O)cc3)cc2)cc1. The molecule has 0 unspecified atom stereocenters. The van der Waals surface area contributed by atoms with Crippen LogP contribution < -0.4 is 14.3 Å². The zero-order valence-corrected chi connectivity index (χ0v) is 19.5. The van der Waals surface area contributed by atoms with E-state index in [4.69, 9.17) is 0 Å². The summed E-state index contributed by atoms with van der Waals surface area (Å²) in [6.07, 6.45) is 1.28. The fourth-order valence-electron chi connectivity index (χ4n) is 3.48. The third-order valence-electron chi connectivity index (χ3n) is 5.25. The summed E-state index contributed by atoms with van der Waals surface area (Å²) in [4.78, 5) is 13.5. The van der Waals surface area contributed by atoms with Crippen molar-refractivity contribution in [3.63, 3.8) is 0 Å². The second-order valence-corrected chi connectivity index (χ2v) is 11.1. The van der Waals surface area contributed by atoms with E-state index < -0.39 is 20.0 Å². The molecule has 1 heterocycles. The van der Waals surface area contributed by atoms with Crippen LogP contribution in [0.25, 0.3) is 0 Å². The van der Waals surface area contributed by atoms with E-state index in [1.54, 1.807) is 41.3 Å². The Bertz CT molecular complexity index is 1370. The summed E-state index contributed by atoms with van der Waals surface area (Å²) in [5.74, 6) is 0.0237. The zero-order valence-electron chi connectivity index (χ0n) is 17.9. The van der Waals surface area contributed by atoms with Crippen LogP contribution in [-0.4, -0.2) is 29.3 Å². The average Bonchev–Trinajstić information content (AvgIpc) is 3.21. The molecule has 1 fully saturated rings. The maximum absolute atomic E-state index is 12.7. The molecule has 3 aromatic rings. The van der Waals surface area contributed by atoms with Crippen molar-refractivity contribution in [1.82, 2.24) is 0 Å². The highest BCUT2D eigenvalue weighted by Gasteiger charge is 2.22. The number of hydrogen-bond donors (Lipinski definition) is 2. The molecule has 0 atom stereocenters. The van der Waals surface area contributed by atoms with Gasteiger partial charge >= 0.3 is 0 Å². The van der Waals surface area contributed by atoms with Crippen molar-refractivity contribution in [2.75, 3.05) is 20.9 Å². The number of nitrogens with one attached hydrogen (secondary N) is 2. The van der Waals surface area contributed by atoms with Gasteiger partial charge in [0, 0.05) is 30.0 Å². The van der Waals surface area contributed by atoms with Crippen LogP contribution in [0, 0.1) is 6.92 Å². The molecule has 1 aliphatic rings.